The van der Waals surface area contributed by atoms with E-state index in [1.165, 1.54) is 0 Å². The molecule has 2 N–H and O–H groups in total. The number of nitrogen functional groups attached to an aromatic ring is 1. The minimum atomic E-state index is -3.60. The van der Waals surface area contributed by atoms with Crippen molar-refractivity contribution in [2.24, 2.45) is 5.92 Å². The molecule has 5 heteroatoms. The van der Waals surface area contributed by atoms with Crippen molar-refractivity contribution in [2.45, 2.75) is 90.0 Å². The van der Waals surface area contributed by atoms with E-state index in [0.717, 1.165) is 51.4 Å². The largest absolute Gasteiger partial charge is 0.398 e. The Labute approximate surface area is 161 Å². The lowest BCUT2D eigenvalue weighted by Crippen LogP contribution is -2.43. The van der Waals surface area contributed by atoms with Gasteiger partial charge in [-0.2, -0.15) is 4.31 Å². The van der Waals surface area contributed by atoms with E-state index in [-0.39, 0.29) is 10.9 Å². The summed E-state index contributed by atoms with van der Waals surface area (Å²) in [5.74, 6) is 0.394. The summed E-state index contributed by atoms with van der Waals surface area (Å²) in [4.78, 5) is 0.250. The molecule has 0 saturated carbocycles. The molecule has 0 aliphatic carbocycles. The van der Waals surface area contributed by atoms with Crippen LogP contribution in [-0.4, -0.2) is 25.3 Å². The second-order valence-corrected chi connectivity index (χ2v) is 9.09. The maximum absolute atomic E-state index is 13.5. The summed E-state index contributed by atoms with van der Waals surface area (Å²) in [6.45, 7) is 9.17. The Hall–Kier alpha value is -1.07. The molecule has 0 fully saturated rings. The van der Waals surface area contributed by atoms with Gasteiger partial charge in [-0.25, -0.2) is 8.42 Å². The van der Waals surface area contributed by atoms with Gasteiger partial charge in [-0.05, 0) is 37.3 Å². The van der Waals surface area contributed by atoms with Crippen LogP contribution >= 0.6 is 0 Å². The molecule has 0 amide bonds. The normalized spacial score (nSPS) is 14.5. The van der Waals surface area contributed by atoms with Gasteiger partial charge in [-0.1, -0.05) is 71.9 Å². The molecule has 0 aliphatic heterocycles. The number of benzene rings is 1. The lowest BCUT2D eigenvalue weighted by atomic mass is 9.98. The number of hydrogen-bond donors (Lipinski definition) is 1. The van der Waals surface area contributed by atoms with Crippen LogP contribution in [0.15, 0.2) is 29.2 Å². The van der Waals surface area contributed by atoms with Gasteiger partial charge in [0.25, 0.3) is 0 Å². The highest BCUT2D eigenvalue weighted by Crippen LogP contribution is 2.29. The van der Waals surface area contributed by atoms with Crippen LogP contribution in [0.4, 0.5) is 5.69 Å². The Morgan fingerprint density at radius 1 is 0.962 bits per heavy atom. The average Bonchev–Trinajstić information content (AvgIpc) is 2.63. The Morgan fingerprint density at radius 3 is 2.12 bits per heavy atom. The van der Waals surface area contributed by atoms with Crippen molar-refractivity contribution in [2.75, 3.05) is 12.3 Å². The third kappa shape index (κ3) is 6.27. The second-order valence-electron chi connectivity index (χ2n) is 7.23. The highest BCUT2D eigenvalue weighted by atomic mass is 32.2. The summed E-state index contributed by atoms with van der Waals surface area (Å²) in [7, 11) is -3.60. The number of anilines is 1. The van der Waals surface area contributed by atoms with Crippen molar-refractivity contribution in [3.63, 3.8) is 0 Å². The molecule has 0 bridgehead atoms. The first-order valence-electron chi connectivity index (χ1n) is 10.3. The van der Waals surface area contributed by atoms with Crippen LogP contribution < -0.4 is 5.73 Å². The van der Waals surface area contributed by atoms with Crippen molar-refractivity contribution in [1.29, 1.82) is 0 Å². The molecule has 26 heavy (non-hydrogen) atoms. The Bertz CT molecular complexity index is 616. The van der Waals surface area contributed by atoms with Crippen molar-refractivity contribution >= 4 is 15.7 Å². The van der Waals surface area contributed by atoms with E-state index in [1.54, 1.807) is 28.6 Å². The highest BCUT2D eigenvalue weighted by molar-refractivity contribution is 7.89. The first-order chi connectivity index (χ1) is 12.4. The van der Waals surface area contributed by atoms with Crippen LogP contribution in [0.1, 0.15) is 79.1 Å². The summed E-state index contributed by atoms with van der Waals surface area (Å²) >= 11 is 0. The van der Waals surface area contributed by atoms with Crippen LogP contribution in [-0.2, 0) is 10.0 Å². The molecule has 0 spiro atoms. The molecule has 0 aliphatic rings. The molecule has 2 atom stereocenters. The molecule has 0 radical (unpaired) electrons. The fraction of sp³-hybridized carbons (Fsp3) is 0.714. The molecule has 1 aromatic carbocycles. The molecule has 0 saturated heterocycles. The van der Waals surface area contributed by atoms with Crippen LogP contribution in [0.25, 0.3) is 0 Å². The minimum absolute atomic E-state index is 0.0373. The topological polar surface area (TPSA) is 63.4 Å². The van der Waals surface area contributed by atoms with Crippen molar-refractivity contribution < 1.29 is 8.42 Å². The Balaban J connectivity index is 3.22. The molecule has 0 aromatic heterocycles. The van der Waals surface area contributed by atoms with Crippen molar-refractivity contribution in [3.05, 3.63) is 24.3 Å². The molecular formula is C21H38N2O2S. The van der Waals surface area contributed by atoms with E-state index < -0.39 is 10.0 Å². The van der Waals surface area contributed by atoms with E-state index in [4.69, 9.17) is 5.73 Å². The lowest BCUT2D eigenvalue weighted by Gasteiger charge is -2.33. The van der Waals surface area contributed by atoms with Gasteiger partial charge in [0.15, 0.2) is 0 Å². The van der Waals surface area contributed by atoms with Crippen LogP contribution in [0.3, 0.4) is 0 Å². The predicted molar refractivity (Wildman–Crippen MR) is 112 cm³/mol. The fourth-order valence-electron chi connectivity index (χ4n) is 3.45. The number of nitrogens with two attached hydrogens (primary N) is 1. The number of rotatable bonds is 13. The molecule has 1 aromatic rings. The zero-order valence-electron chi connectivity index (χ0n) is 17.1. The van der Waals surface area contributed by atoms with Crippen LogP contribution in [0.5, 0.6) is 0 Å². The fourth-order valence-corrected chi connectivity index (χ4v) is 5.37. The molecule has 4 nitrogen and oxygen atoms in total. The van der Waals surface area contributed by atoms with Gasteiger partial charge in [0.05, 0.1) is 5.69 Å². The zero-order valence-corrected chi connectivity index (χ0v) is 17.9. The second kappa shape index (κ2) is 11.6. The number of sulfonamides is 1. The van der Waals surface area contributed by atoms with Crippen molar-refractivity contribution in [3.8, 4) is 0 Å². The van der Waals surface area contributed by atoms with Gasteiger partial charge in [0.2, 0.25) is 10.0 Å². The maximum atomic E-state index is 13.5. The first-order valence-corrected chi connectivity index (χ1v) is 11.7. The molecule has 0 heterocycles. The van der Waals surface area contributed by atoms with Gasteiger partial charge in [-0.3, -0.25) is 0 Å². The molecular weight excluding hydrogens is 344 g/mol. The number of unbranched alkanes of at least 4 members (excludes halogenated alkanes) is 2. The maximum Gasteiger partial charge on any atom is 0.245 e. The van der Waals surface area contributed by atoms with Gasteiger partial charge in [0.1, 0.15) is 4.90 Å². The summed E-state index contributed by atoms with van der Waals surface area (Å²) in [6, 6.07) is 6.88. The summed E-state index contributed by atoms with van der Waals surface area (Å²) < 4.78 is 28.7. The van der Waals surface area contributed by atoms with Crippen LogP contribution in [0, 0.1) is 5.92 Å². The third-order valence-corrected chi connectivity index (χ3v) is 7.25. The highest BCUT2D eigenvalue weighted by Gasteiger charge is 2.33. The summed E-state index contributed by atoms with van der Waals surface area (Å²) in [5, 5.41) is 0. The van der Waals surface area contributed by atoms with Gasteiger partial charge < -0.3 is 5.73 Å². The van der Waals surface area contributed by atoms with Gasteiger partial charge in [0, 0.05) is 12.6 Å². The van der Waals surface area contributed by atoms with E-state index >= 15 is 0 Å². The number of nitrogens with zero attached hydrogens (tertiary/aromatic N) is 1. The Kier molecular flexibility index (Phi) is 10.3. The smallest absolute Gasteiger partial charge is 0.245 e. The van der Waals surface area contributed by atoms with E-state index in [0.29, 0.717) is 18.2 Å². The average molecular weight is 383 g/mol. The minimum Gasteiger partial charge on any atom is -0.398 e. The number of hydrogen-bond acceptors (Lipinski definition) is 3. The monoisotopic (exact) mass is 382 g/mol. The Morgan fingerprint density at radius 2 is 1.58 bits per heavy atom. The van der Waals surface area contributed by atoms with E-state index in [1.807, 2.05) is 0 Å². The number of para-hydroxylation sites is 1. The molecule has 150 valence electrons. The van der Waals surface area contributed by atoms with Crippen LogP contribution in [0.2, 0.25) is 0 Å². The van der Waals surface area contributed by atoms with Gasteiger partial charge in [-0.15, -0.1) is 0 Å². The summed E-state index contributed by atoms with van der Waals surface area (Å²) in [6.07, 6.45) is 8.21. The van der Waals surface area contributed by atoms with Crippen molar-refractivity contribution in [1.82, 2.24) is 4.31 Å². The molecule has 1 rings (SSSR count). The standard InChI is InChI=1S/C21H38N2O2S/c1-5-9-13-18(7-3)17-23(19(8-4)14-10-6-2)26(24,25)21-16-12-11-15-20(21)22/h11-12,15-16,18-19H,5-10,13-14,17,22H2,1-4H3. The lowest BCUT2D eigenvalue weighted by molar-refractivity contribution is 0.243. The first kappa shape index (κ1) is 23.0. The summed E-state index contributed by atoms with van der Waals surface area (Å²) in [5.41, 5.74) is 6.36. The third-order valence-electron chi connectivity index (χ3n) is 5.26. The SMILES string of the molecule is CCCCC(CC)CN(C(CC)CCCC)S(=O)(=O)c1ccccc1N. The molecule has 2 unspecified atom stereocenters. The zero-order chi connectivity index (χ0) is 19.6. The predicted octanol–water partition coefficient (Wildman–Crippen LogP) is 5.44. The quantitative estimate of drug-likeness (QED) is 0.462. The van der Waals surface area contributed by atoms with E-state index in [2.05, 4.69) is 27.7 Å². The van der Waals surface area contributed by atoms with E-state index in [9.17, 15) is 8.42 Å². The van der Waals surface area contributed by atoms with Gasteiger partial charge >= 0.3 is 0 Å².